The first-order chi connectivity index (χ1) is 4.39. The van der Waals surface area contributed by atoms with E-state index in [1.165, 1.54) is 5.33 Å². The number of hydrogen-bond acceptors (Lipinski definition) is 0. The monoisotopic (exact) mass is 222 g/mol. The lowest BCUT2D eigenvalue weighted by Crippen LogP contribution is -2.26. The molecule has 0 radical (unpaired) electrons. The van der Waals surface area contributed by atoms with E-state index in [1.807, 2.05) is 0 Å². The molecule has 0 aromatic heterocycles. The van der Waals surface area contributed by atoms with Crippen molar-refractivity contribution in [1.29, 1.82) is 0 Å². The number of hydrogen-bond donors (Lipinski definition) is 0. The highest BCUT2D eigenvalue weighted by Gasteiger charge is 2.26. The summed E-state index contributed by atoms with van der Waals surface area (Å²) in [5, 5.41) is 1.18. The van der Waals surface area contributed by atoms with E-state index in [2.05, 4.69) is 49.8 Å². The molecule has 0 spiro atoms. The van der Waals surface area contributed by atoms with Gasteiger partial charge in [0.2, 0.25) is 0 Å². The van der Waals surface area contributed by atoms with Crippen molar-refractivity contribution in [1.82, 2.24) is 0 Å². The Balaban J connectivity index is 4.07. The van der Waals surface area contributed by atoms with Crippen molar-refractivity contribution >= 4 is 24.7 Å². The van der Waals surface area contributed by atoms with Gasteiger partial charge in [-0.1, -0.05) is 49.8 Å². The minimum atomic E-state index is -0.457. The van der Waals surface area contributed by atoms with Crippen molar-refractivity contribution in [2.75, 3.05) is 5.33 Å². The second-order valence-corrected chi connectivity index (χ2v) is 8.31. The van der Waals surface area contributed by atoms with Crippen molar-refractivity contribution < 1.29 is 0 Å². The zero-order chi connectivity index (χ0) is 8.36. The summed E-state index contributed by atoms with van der Waals surface area (Å²) in [7, 11) is -0.457. The summed E-state index contributed by atoms with van der Waals surface area (Å²) >= 11 is 3.59. The van der Waals surface area contributed by atoms with Gasteiger partial charge >= 0.3 is 0 Å². The molecule has 10 heavy (non-hydrogen) atoms. The Bertz CT molecular complexity index is 93.9. The average Bonchev–Trinajstić information content (AvgIpc) is 1.60. The lowest BCUT2D eigenvalue weighted by atomic mass is 9.93. The number of rotatable bonds is 2. The second kappa shape index (κ2) is 3.91. The van der Waals surface area contributed by atoms with Crippen LogP contribution in [0.3, 0.4) is 0 Å². The third-order valence-electron chi connectivity index (χ3n) is 2.08. The van der Waals surface area contributed by atoms with Crippen LogP contribution in [0.2, 0.25) is 18.6 Å². The molecule has 0 aliphatic carbocycles. The van der Waals surface area contributed by atoms with Gasteiger partial charge in [-0.25, -0.2) is 0 Å². The van der Waals surface area contributed by atoms with E-state index in [-0.39, 0.29) is 0 Å². The highest BCUT2D eigenvalue weighted by atomic mass is 79.9. The summed E-state index contributed by atoms with van der Waals surface area (Å²) in [5.74, 6) is 0. The quantitative estimate of drug-likeness (QED) is 0.498. The summed E-state index contributed by atoms with van der Waals surface area (Å²) in [6.07, 6.45) is 0. The first kappa shape index (κ1) is 10.7. The molecular formula is C8H19BrSi. The highest BCUT2D eigenvalue weighted by Crippen LogP contribution is 2.34. The standard InChI is InChI=1S/C8H19BrSi/c1-8(2,3)7(6-9)10(4)5/h7,10H,6H2,1-5H3. The fourth-order valence-corrected chi connectivity index (χ4v) is 6.98. The molecule has 0 aliphatic heterocycles. The summed E-state index contributed by atoms with van der Waals surface area (Å²) in [5.41, 5.74) is 1.43. The van der Waals surface area contributed by atoms with Crippen molar-refractivity contribution in [3.05, 3.63) is 0 Å². The van der Waals surface area contributed by atoms with Gasteiger partial charge < -0.3 is 0 Å². The Morgan fingerprint density at radius 2 is 1.70 bits per heavy atom. The van der Waals surface area contributed by atoms with Crippen LogP contribution in [0.25, 0.3) is 0 Å². The SMILES string of the molecule is C[SiH](C)C(CBr)C(C)(C)C. The Morgan fingerprint density at radius 3 is 1.70 bits per heavy atom. The van der Waals surface area contributed by atoms with Crippen LogP contribution in [0.15, 0.2) is 0 Å². The Kier molecular flexibility index (Phi) is 4.18. The highest BCUT2D eigenvalue weighted by molar-refractivity contribution is 9.09. The summed E-state index contributed by atoms with van der Waals surface area (Å²) in [4.78, 5) is 0. The molecule has 0 saturated heterocycles. The molecule has 0 saturated carbocycles. The lowest BCUT2D eigenvalue weighted by Gasteiger charge is -2.31. The van der Waals surface area contributed by atoms with Crippen LogP contribution < -0.4 is 0 Å². The predicted molar refractivity (Wildman–Crippen MR) is 55.9 cm³/mol. The summed E-state index contributed by atoms with van der Waals surface area (Å²) in [6, 6.07) is 0. The van der Waals surface area contributed by atoms with Crippen molar-refractivity contribution in [2.24, 2.45) is 5.41 Å². The third-order valence-corrected chi connectivity index (χ3v) is 6.32. The van der Waals surface area contributed by atoms with Crippen LogP contribution in [-0.2, 0) is 0 Å². The topological polar surface area (TPSA) is 0 Å². The molecule has 0 aromatic carbocycles. The van der Waals surface area contributed by atoms with Gasteiger partial charge in [0.1, 0.15) is 0 Å². The van der Waals surface area contributed by atoms with Gasteiger partial charge in [-0.2, -0.15) is 0 Å². The fourth-order valence-electron chi connectivity index (χ4n) is 1.41. The van der Waals surface area contributed by atoms with Gasteiger partial charge in [0.25, 0.3) is 0 Å². The Labute approximate surface area is 75.1 Å². The molecule has 0 heterocycles. The molecule has 1 unspecified atom stereocenters. The third kappa shape index (κ3) is 3.20. The maximum atomic E-state index is 3.59. The Morgan fingerprint density at radius 1 is 1.30 bits per heavy atom. The maximum Gasteiger partial charge on any atom is 0.0354 e. The fraction of sp³-hybridized carbons (Fsp3) is 1.00. The molecule has 0 aliphatic rings. The first-order valence-electron chi connectivity index (χ1n) is 3.95. The second-order valence-electron chi connectivity index (χ2n) is 4.37. The van der Waals surface area contributed by atoms with Gasteiger partial charge in [0.05, 0.1) is 0 Å². The molecule has 0 bridgehead atoms. The molecule has 0 nitrogen and oxygen atoms in total. The van der Waals surface area contributed by atoms with Gasteiger partial charge in [0, 0.05) is 14.1 Å². The van der Waals surface area contributed by atoms with E-state index < -0.39 is 8.80 Å². The van der Waals surface area contributed by atoms with Crippen molar-refractivity contribution in [3.8, 4) is 0 Å². The van der Waals surface area contributed by atoms with Crippen LogP contribution in [0.1, 0.15) is 20.8 Å². The minimum Gasteiger partial charge on any atom is -0.0928 e. The van der Waals surface area contributed by atoms with E-state index in [0.717, 1.165) is 5.54 Å². The summed E-state index contributed by atoms with van der Waals surface area (Å²) in [6.45, 7) is 11.9. The van der Waals surface area contributed by atoms with Gasteiger partial charge in [0.15, 0.2) is 0 Å². The largest absolute Gasteiger partial charge is 0.0928 e. The molecule has 62 valence electrons. The predicted octanol–water partition coefficient (Wildman–Crippen LogP) is 3.28. The van der Waals surface area contributed by atoms with E-state index in [1.54, 1.807) is 0 Å². The normalized spacial score (nSPS) is 15.9. The smallest absolute Gasteiger partial charge is 0.0354 e. The van der Waals surface area contributed by atoms with E-state index in [9.17, 15) is 0 Å². The minimum absolute atomic E-state index is 0.457. The molecule has 0 rings (SSSR count). The zero-order valence-corrected chi connectivity index (χ0v) is 10.5. The van der Waals surface area contributed by atoms with Crippen LogP contribution in [0.5, 0.6) is 0 Å². The molecule has 2 heteroatoms. The molecule has 0 fully saturated rings. The van der Waals surface area contributed by atoms with Crippen molar-refractivity contribution in [3.63, 3.8) is 0 Å². The molecule has 1 atom stereocenters. The van der Waals surface area contributed by atoms with E-state index in [4.69, 9.17) is 0 Å². The van der Waals surface area contributed by atoms with E-state index >= 15 is 0 Å². The molecule has 0 amide bonds. The Hall–Kier alpha value is 0.697. The molecular weight excluding hydrogens is 204 g/mol. The first-order valence-corrected chi connectivity index (χ1v) is 8.05. The van der Waals surface area contributed by atoms with Gasteiger partial charge in [-0.3, -0.25) is 0 Å². The van der Waals surface area contributed by atoms with Crippen LogP contribution in [0, 0.1) is 5.41 Å². The maximum absolute atomic E-state index is 3.59. The van der Waals surface area contributed by atoms with Crippen LogP contribution >= 0.6 is 15.9 Å². The van der Waals surface area contributed by atoms with Crippen LogP contribution in [-0.4, -0.2) is 14.1 Å². The van der Waals surface area contributed by atoms with Gasteiger partial charge in [-0.15, -0.1) is 0 Å². The van der Waals surface area contributed by atoms with Crippen LogP contribution in [0.4, 0.5) is 0 Å². The lowest BCUT2D eigenvalue weighted by molar-refractivity contribution is 0.397. The van der Waals surface area contributed by atoms with Gasteiger partial charge in [-0.05, 0) is 11.0 Å². The average molecular weight is 223 g/mol. The molecule has 0 aromatic rings. The number of alkyl halides is 1. The zero-order valence-electron chi connectivity index (χ0n) is 7.74. The molecule has 0 N–H and O–H groups in total. The van der Waals surface area contributed by atoms with Crippen molar-refractivity contribution in [2.45, 2.75) is 39.4 Å². The summed E-state index contributed by atoms with van der Waals surface area (Å²) < 4.78 is 0. The van der Waals surface area contributed by atoms with E-state index in [0.29, 0.717) is 5.41 Å². The number of halogens is 1.